The van der Waals surface area contributed by atoms with Gasteiger partial charge < -0.3 is 15.0 Å². The van der Waals surface area contributed by atoms with E-state index in [4.69, 9.17) is 16.3 Å². The monoisotopic (exact) mass is 632 g/mol. The minimum atomic E-state index is -0.713. The Morgan fingerprint density at radius 2 is 1.63 bits per heavy atom. The number of nitrogens with zero attached hydrogens (tertiary/aromatic N) is 1. The normalized spacial score (nSPS) is 14.4. The molecule has 1 aliphatic rings. The zero-order valence-electron chi connectivity index (χ0n) is 22.9. The molecule has 0 radical (unpaired) electrons. The van der Waals surface area contributed by atoms with Gasteiger partial charge in [-0.2, -0.15) is 0 Å². The number of rotatable bonds is 10. The van der Waals surface area contributed by atoms with Gasteiger partial charge in [-0.15, -0.1) is 0 Å². The van der Waals surface area contributed by atoms with Crippen LogP contribution in [0.3, 0.4) is 0 Å². The lowest BCUT2D eigenvalue weighted by molar-refractivity contribution is -0.143. The fraction of sp³-hybridized carbons (Fsp3) is 0.294. The van der Waals surface area contributed by atoms with E-state index in [9.17, 15) is 9.59 Å². The molecule has 212 valence electrons. The van der Waals surface area contributed by atoms with Crippen molar-refractivity contribution in [2.75, 3.05) is 6.61 Å². The predicted molar refractivity (Wildman–Crippen MR) is 168 cm³/mol. The van der Waals surface area contributed by atoms with E-state index in [1.54, 1.807) is 11.0 Å². The molecule has 0 saturated heterocycles. The predicted octanol–water partition coefficient (Wildman–Crippen LogP) is 7.72. The quantitative estimate of drug-likeness (QED) is 0.195. The van der Waals surface area contributed by atoms with Gasteiger partial charge in [-0.25, -0.2) is 0 Å². The molecule has 1 fully saturated rings. The van der Waals surface area contributed by atoms with Crippen LogP contribution >= 0.6 is 27.5 Å². The number of halogens is 2. The number of nitrogens with one attached hydrogen (secondary N) is 1. The summed E-state index contributed by atoms with van der Waals surface area (Å²) in [7, 11) is 0. The van der Waals surface area contributed by atoms with E-state index in [1.807, 2.05) is 84.9 Å². The van der Waals surface area contributed by atoms with Crippen LogP contribution < -0.4 is 10.1 Å². The summed E-state index contributed by atoms with van der Waals surface area (Å²) in [6.07, 6.45) is 5.73. The van der Waals surface area contributed by atoms with Crippen molar-refractivity contribution in [3.05, 3.63) is 112 Å². The molecule has 0 aromatic heterocycles. The lowest BCUT2D eigenvalue weighted by Crippen LogP contribution is -2.53. The average molecular weight is 634 g/mol. The summed E-state index contributed by atoms with van der Waals surface area (Å²) >= 11 is 9.96. The van der Waals surface area contributed by atoms with Crippen LogP contribution in [-0.4, -0.2) is 35.4 Å². The van der Waals surface area contributed by atoms with Gasteiger partial charge in [-0.1, -0.05) is 104 Å². The fourth-order valence-corrected chi connectivity index (χ4v) is 6.30. The van der Waals surface area contributed by atoms with Crippen molar-refractivity contribution in [1.29, 1.82) is 0 Å². The lowest BCUT2D eigenvalue weighted by atomic mass is 9.94. The van der Waals surface area contributed by atoms with Gasteiger partial charge >= 0.3 is 0 Å². The summed E-state index contributed by atoms with van der Waals surface area (Å²) in [5, 5.41) is 5.92. The first-order valence-electron chi connectivity index (χ1n) is 14.2. The number of carbonyl (C=O) groups excluding carboxylic acids is 2. The summed E-state index contributed by atoms with van der Waals surface area (Å²) in [6.45, 7) is 0.0245. The molecule has 5 rings (SSSR count). The van der Waals surface area contributed by atoms with Crippen LogP contribution in [0.1, 0.15) is 43.2 Å². The van der Waals surface area contributed by atoms with Crippen LogP contribution in [-0.2, 0) is 22.6 Å². The van der Waals surface area contributed by atoms with Crippen LogP contribution in [0.4, 0.5) is 0 Å². The third kappa shape index (κ3) is 7.69. The Labute approximate surface area is 255 Å². The third-order valence-electron chi connectivity index (χ3n) is 7.64. The number of hydrogen-bond acceptors (Lipinski definition) is 3. The molecule has 7 heteroatoms. The Balaban J connectivity index is 1.43. The maximum absolute atomic E-state index is 14.0. The summed E-state index contributed by atoms with van der Waals surface area (Å²) in [5.41, 5.74) is 1.83. The zero-order chi connectivity index (χ0) is 28.6. The Bertz CT molecular complexity index is 1490. The molecule has 0 heterocycles. The van der Waals surface area contributed by atoms with Crippen LogP contribution in [0.2, 0.25) is 5.02 Å². The highest BCUT2D eigenvalue weighted by Crippen LogP contribution is 2.33. The first-order chi connectivity index (χ1) is 20.0. The van der Waals surface area contributed by atoms with Gasteiger partial charge in [0.2, 0.25) is 5.91 Å². The molecule has 4 aromatic carbocycles. The largest absolute Gasteiger partial charge is 0.483 e. The molecule has 1 aliphatic carbocycles. The summed E-state index contributed by atoms with van der Waals surface area (Å²) in [5.74, 6) is 0.166. The van der Waals surface area contributed by atoms with E-state index in [1.165, 1.54) is 6.42 Å². The Kier molecular flexibility index (Phi) is 9.97. The molecule has 1 atom stereocenters. The number of ether oxygens (including phenoxy) is 1. The molecule has 41 heavy (non-hydrogen) atoms. The molecule has 5 nitrogen and oxygen atoms in total. The van der Waals surface area contributed by atoms with Crippen LogP contribution in [0.25, 0.3) is 10.8 Å². The molecule has 2 amide bonds. The number of hydrogen-bond donors (Lipinski definition) is 1. The van der Waals surface area contributed by atoms with Crippen molar-refractivity contribution in [1.82, 2.24) is 10.2 Å². The first-order valence-corrected chi connectivity index (χ1v) is 15.3. The molecule has 0 aliphatic heterocycles. The van der Waals surface area contributed by atoms with Gasteiger partial charge in [0.05, 0.1) is 4.47 Å². The minimum Gasteiger partial charge on any atom is -0.483 e. The highest BCUT2D eigenvalue weighted by Gasteiger charge is 2.32. The molecule has 1 unspecified atom stereocenters. The smallest absolute Gasteiger partial charge is 0.261 e. The minimum absolute atomic E-state index is 0.127. The van der Waals surface area contributed by atoms with Gasteiger partial charge in [0.1, 0.15) is 11.8 Å². The van der Waals surface area contributed by atoms with E-state index in [0.717, 1.165) is 52.1 Å². The SMILES string of the molecule is O=C(NC1CCCCC1)C(Cc1ccccc1)N(Cc1cccc(Cl)c1)C(=O)COc1ccc2ccccc2c1Br. The second-order valence-corrected chi connectivity index (χ2v) is 11.8. The fourth-order valence-electron chi connectivity index (χ4n) is 5.48. The highest BCUT2D eigenvalue weighted by molar-refractivity contribution is 9.10. The maximum Gasteiger partial charge on any atom is 0.261 e. The third-order valence-corrected chi connectivity index (χ3v) is 8.70. The van der Waals surface area contributed by atoms with Crippen LogP contribution in [0.15, 0.2) is 95.5 Å². The van der Waals surface area contributed by atoms with E-state index < -0.39 is 6.04 Å². The van der Waals surface area contributed by atoms with Gasteiger partial charge in [-0.05, 0) is 68.9 Å². The van der Waals surface area contributed by atoms with Gasteiger partial charge in [0.15, 0.2) is 6.61 Å². The molecular formula is C34H34BrClN2O3. The number of amides is 2. The van der Waals surface area contributed by atoms with Crippen molar-refractivity contribution < 1.29 is 14.3 Å². The van der Waals surface area contributed by atoms with Gasteiger partial charge in [0.25, 0.3) is 5.91 Å². The highest BCUT2D eigenvalue weighted by atomic mass is 79.9. The number of benzene rings is 4. The molecule has 0 bridgehead atoms. The molecule has 1 saturated carbocycles. The Morgan fingerprint density at radius 3 is 2.41 bits per heavy atom. The van der Waals surface area contributed by atoms with E-state index in [2.05, 4.69) is 21.2 Å². The summed E-state index contributed by atoms with van der Waals surface area (Å²) in [4.78, 5) is 29.5. The molecule has 4 aromatic rings. The molecule has 0 spiro atoms. The topological polar surface area (TPSA) is 58.6 Å². The molecular weight excluding hydrogens is 600 g/mol. The Morgan fingerprint density at radius 1 is 0.902 bits per heavy atom. The zero-order valence-corrected chi connectivity index (χ0v) is 25.2. The van der Waals surface area contributed by atoms with Crippen LogP contribution in [0, 0.1) is 0 Å². The molecule has 1 N–H and O–H groups in total. The summed E-state index contributed by atoms with van der Waals surface area (Å²) < 4.78 is 6.88. The second kappa shape index (κ2) is 14.0. The summed E-state index contributed by atoms with van der Waals surface area (Å²) in [6, 6.07) is 28.5. The van der Waals surface area contributed by atoms with Crippen molar-refractivity contribution in [2.24, 2.45) is 0 Å². The standard InChI is InChI=1S/C34H34BrClN2O3/c35-33-29-17-8-7-13-26(29)18-19-31(33)41-23-32(39)38(22-25-12-9-14-27(36)20-25)30(21-24-10-3-1-4-11-24)34(40)37-28-15-5-2-6-16-28/h1,3-4,7-14,17-20,28,30H,2,5-6,15-16,21-23H2,(H,37,40). The average Bonchev–Trinajstić information content (AvgIpc) is 2.99. The number of carbonyl (C=O) groups is 2. The van der Waals surface area contributed by atoms with E-state index in [-0.39, 0.29) is 31.0 Å². The number of fused-ring (bicyclic) bond motifs is 1. The van der Waals surface area contributed by atoms with Crippen molar-refractivity contribution in [2.45, 2.75) is 57.2 Å². The maximum atomic E-state index is 14.0. The second-order valence-electron chi connectivity index (χ2n) is 10.6. The van der Waals surface area contributed by atoms with Gasteiger partial charge in [-0.3, -0.25) is 9.59 Å². The van der Waals surface area contributed by atoms with Crippen molar-refractivity contribution >= 4 is 50.1 Å². The van der Waals surface area contributed by atoms with Crippen LogP contribution in [0.5, 0.6) is 5.75 Å². The van der Waals surface area contributed by atoms with Gasteiger partial charge in [0, 0.05) is 24.0 Å². The lowest BCUT2D eigenvalue weighted by Gasteiger charge is -2.33. The first kappa shape index (κ1) is 29.2. The van der Waals surface area contributed by atoms with Crippen molar-refractivity contribution in [3.63, 3.8) is 0 Å². The Hall–Kier alpha value is -3.35. The van der Waals surface area contributed by atoms with E-state index >= 15 is 0 Å². The van der Waals surface area contributed by atoms with Crippen molar-refractivity contribution in [3.8, 4) is 5.75 Å². The van der Waals surface area contributed by atoms with E-state index in [0.29, 0.717) is 17.2 Å².